The molecule has 3 aromatic carbocycles. The Balaban J connectivity index is 1.34. The Kier molecular flexibility index (Phi) is 10.2. The molecule has 1 fully saturated rings. The van der Waals surface area contributed by atoms with Crippen LogP contribution in [0.25, 0.3) is 0 Å². The highest BCUT2D eigenvalue weighted by Gasteiger charge is 2.33. The highest BCUT2D eigenvalue weighted by Crippen LogP contribution is 2.31. The van der Waals surface area contributed by atoms with Crippen LogP contribution in [0.3, 0.4) is 0 Å². The molecule has 1 aliphatic heterocycles. The first-order valence-electron chi connectivity index (χ1n) is 14.5. The minimum Gasteiger partial charge on any atom is -0.324 e. The van der Waals surface area contributed by atoms with Crippen molar-refractivity contribution in [1.29, 1.82) is 0 Å². The van der Waals surface area contributed by atoms with Crippen LogP contribution in [-0.2, 0) is 21.2 Å². The summed E-state index contributed by atoms with van der Waals surface area (Å²) >= 11 is 0. The second kappa shape index (κ2) is 14.3. The molecule has 4 aromatic rings. The van der Waals surface area contributed by atoms with E-state index in [0.717, 1.165) is 18.3 Å². The van der Waals surface area contributed by atoms with Gasteiger partial charge in [-0.1, -0.05) is 24.3 Å². The summed E-state index contributed by atoms with van der Waals surface area (Å²) in [5.74, 6) is -4.39. The Morgan fingerprint density at radius 3 is 2.33 bits per heavy atom. The third-order valence-electron chi connectivity index (χ3n) is 7.87. The van der Waals surface area contributed by atoms with Gasteiger partial charge in [-0.15, -0.1) is 0 Å². The Hall–Kier alpha value is -4.46. The van der Waals surface area contributed by atoms with E-state index in [0.29, 0.717) is 36.6 Å². The van der Waals surface area contributed by atoms with E-state index in [9.17, 15) is 31.2 Å². The van der Waals surface area contributed by atoms with Gasteiger partial charge in [0.25, 0.3) is 0 Å². The lowest BCUT2D eigenvalue weighted by atomic mass is 9.88. The van der Waals surface area contributed by atoms with Crippen molar-refractivity contribution in [3.8, 4) is 0 Å². The first-order valence-corrected chi connectivity index (χ1v) is 15.9. The van der Waals surface area contributed by atoms with Crippen LogP contribution in [-0.4, -0.2) is 55.6 Å². The third-order valence-corrected chi connectivity index (χ3v) is 9.84. The maximum absolute atomic E-state index is 15.1. The zero-order chi connectivity index (χ0) is 32.8. The Morgan fingerprint density at radius 1 is 0.957 bits per heavy atom. The summed E-state index contributed by atoms with van der Waals surface area (Å²) in [5, 5.41) is 5.81. The molecular formula is C33H30F4N4O4S. The van der Waals surface area contributed by atoms with E-state index in [1.165, 1.54) is 59.0 Å². The van der Waals surface area contributed by atoms with Crippen molar-refractivity contribution in [2.45, 2.75) is 36.1 Å². The predicted octanol–water partition coefficient (Wildman–Crippen LogP) is 5.21. The number of carbonyl (C=O) groups excluding carboxylic acids is 2. The standard InChI is InChI=1S/C33H30F4N4O4S/c34-24-5-3-22(4-6-24)30(23-13-25(35)15-26(36)14-23)16-33(43)40-32-19-39-18-31(37)29(32)10-7-27-17-38-11-12-41(27)46(44,45)28-8-1-21(20-42)2-9-28/h1-6,8-9,13-15,18-20,27,30,38H,7,10-12,16-17H2,(H,40,43)/t27-,30-/m0/s1. The maximum atomic E-state index is 15.1. The van der Waals surface area contributed by atoms with Crippen LogP contribution in [0.4, 0.5) is 23.2 Å². The zero-order valence-corrected chi connectivity index (χ0v) is 25.2. The molecule has 1 amide bonds. The minimum absolute atomic E-state index is 0.0296. The fourth-order valence-corrected chi connectivity index (χ4v) is 7.23. The predicted molar refractivity (Wildman–Crippen MR) is 163 cm³/mol. The summed E-state index contributed by atoms with van der Waals surface area (Å²) < 4.78 is 85.3. The van der Waals surface area contributed by atoms with Gasteiger partial charge in [-0.25, -0.2) is 26.0 Å². The van der Waals surface area contributed by atoms with Crippen LogP contribution in [0.1, 0.15) is 45.8 Å². The largest absolute Gasteiger partial charge is 0.324 e. The molecule has 0 bridgehead atoms. The van der Waals surface area contributed by atoms with Gasteiger partial charge in [-0.05, 0) is 60.4 Å². The topological polar surface area (TPSA) is 108 Å². The number of aromatic nitrogens is 1. The molecule has 2 heterocycles. The van der Waals surface area contributed by atoms with Gasteiger partial charge in [0.2, 0.25) is 15.9 Å². The van der Waals surface area contributed by atoms with E-state index in [2.05, 4.69) is 15.6 Å². The molecule has 1 aromatic heterocycles. The molecule has 240 valence electrons. The van der Waals surface area contributed by atoms with Crippen molar-refractivity contribution < 1.29 is 35.6 Å². The van der Waals surface area contributed by atoms with Crippen molar-refractivity contribution in [2.75, 3.05) is 25.0 Å². The summed E-state index contributed by atoms with van der Waals surface area (Å²) in [6.07, 6.45) is 2.81. The number of amides is 1. The summed E-state index contributed by atoms with van der Waals surface area (Å²) in [4.78, 5) is 28.2. The highest BCUT2D eigenvalue weighted by atomic mass is 32.2. The number of sulfonamides is 1. The first kappa shape index (κ1) is 32.9. The van der Waals surface area contributed by atoms with Gasteiger partial charge in [0, 0.05) is 55.2 Å². The van der Waals surface area contributed by atoms with Gasteiger partial charge in [0.05, 0.1) is 23.0 Å². The number of nitrogens with one attached hydrogen (secondary N) is 2. The lowest BCUT2D eigenvalue weighted by Crippen LogP contribution is -2.53. The number of benzene rings is 3. The van der Waals surface area contributed by atoms with Crippen LogP contribution in [0.5, 0.6) is 0 Å². The number of anilines is 1. The Bertz CT molecular complexity index is 1800. The number of halogens is 4. The van der Waals surface area contributed by atoms with E-state index in [1.54, 1.807) is 0 Å². The molecule has 0 radical (unpaired) electrons. The molecule has 13 heteroatoms. The van der Waals surface area contributed by atoms with Crippen molar-refractivity contribution in [3.05, 3.63) is 125 Å². The number of carbonyl (C=O) groups is 2. The van der Waals surface area contributed by atoms with Crippen molar-refractivity contribution in [3.63, 3.8) is 0 Å². The Labute approximate surface area is 263 Å². The van der Waals surface area contributed by atoms with Gasteiger partial charge >= 0.3 is 0 Å². The second-order valence-electron chi connectivity index (χ2n) is 10.9. The monoisotopic (exact) mass is 654 g/mol. The van der Waals surface area contributed by atoms with E-state index < -0.39 is 51.2 Å². The van der Waals surface area contributed by atoms with Crippen LogP contribution in [0, 0.1) is 23.3 Å². The van der Waals surface area contributed by atoms with Gasteiger partial charge < -0.3 is 10.6 Å². The molecule has 1 saturated heterocycles. The van der Waals surface area contributed by atoms with E-state index >= 15 is 4.39 Å². The third kappa shape index (κ3) is 7.66. The van der Waals surface area contributed by atoms with Crippen molar-refractivity contribution >= 4 is 27.9 Å². The lowest BCUT2D eigenvalue weighted by molar-refractivity contribution is -0.116. The number of hydrogen-bond donors (Lipinski definition) is 2. The zero-order valence-electron chi connectivity index (χ0n) is 24.4. The second-order valence-corrected chi connectivity index (χ2v) is 12.8. The summed E-state index contributed by atoms with van der Waals surface area (Å²) in [5.41, 5.74) is 1.10. The molecule has 1 aliphatic rings. The van der Waals surface area contributed by atoms with Gasteiger partial charge in [0.1, 0.15) is 29.6 Å². The molecule has 5 rings (SSSR count). The van der Waals surface area contributed by atoms with Crippen molar-refractivity contribution in [1.82, 2.24) is 14.6 Å². The number of piperazine rings is 1. The Morgan fingerprint density at radius 2 is 1.65 bits per heavy atom. The SMILES string of the molecule is O=Cc1ccc(S(=O)(=O)N2CCNC[C@@H]2CCc2c(F)cncc2NC(=O)C[C@@H](c2ccc(F)cc2)c2cc(F)cc(F)c2)cc1. The van der Waals surface area contributed by atoms with Crippen molar-refractivity contribution in [2.24, 2.45) is 0 Å². The molecule has 2 N–H and O–H groups in total. The fraction of sp³-hybridized carbons (Fsp3) is 0.242. The first-order chi connectivity index (χ1) is 22.0. The quantitative estimate of drug-likeness (QED) is 0.170. The number of aldehydes is 1. The van der Waals surface area contributed by atoms with E-state index in [-0.39, 0.29) is 47.5 Å². The highest BCUT2D eigenvalue weighted by molar-refractivity contribution is 7.89. The molecule has 0 spiro atoms. The molecule has 0 unspecified atom stereocenters. The summed E-state index contributed by atoms with van der Waals surface area (Å²) in [7, 11) is -3.93. The summed E-state index contributed by atoms with van der Waals surface area (Å²) in [6.45, 7) is 0.900. The molecular weight excluding hydrogens is 624 g/mol. The van der Waals surface area contributed by atoms with E-state index in [4.69, 9.17) is 0 Å². The van der Waals surface area contributed by atoms with Gasteiger partial charge in [-0.3, -0.25) is 14.6 Å². The molecule has 2 atom stereocenters. The average Bonchev–Trinajstić information content (AvgIpc) is 3.03. The number of pyridine rings is 1. The summed E-state index contributed by atoms with van der Waals surface area (Å²) in [6, 6.07) is 13.1. The fourth-order valence-electron chi connectivity index (χ4n) is 5.58. The average molecular weight is 655 g/mol. The van der Waals surface area contributed by atoms with Gasteiger partial charge in [-0.2, -0.15) is 4.31 Å². The maximum Gasteiger partial charge on any atom is 0.243 e. The van der Waals surface area contributed by atoms with Crippen LogP contribution < -0.4 is 10.6 Å². The smallest absolute Gasteiger partial charge is 0.243 e. The van der Waals surface area contributed by atoms with Gasteiger partial charge in [0.15, 0.2) is 0 Å². The number of nitrogens with zero attached hydrogens (tertiary/aromatic N) is 2. The molecule has 8 nitrogen and oxygen atoms in total. The van der Waals surface area contributed by atoms with Crippen LogP contribution in [0.15, 0.2) is 84.0 Å². The molecule has 0 saturated carbocycles. The van der Waals surface area contributed by atoms with Crippen LogP contribution in [0.2, 0.25) is 0 Å². The normalized spacial score (nSPS) is 16.1. The lowest BCUT2D eigenvalue weighted by Gasteiger charge is -2.35. The molecule has 46 heavy (non-hydrogen) atoms. The van der Waals surface area contributed by atoms with E-state index in [1.807, 2.05) is 0 Å². The number of rotatable bonds is 11. The minimum atomic E-state index is -3.93. The number of hydrogen-bond acceptors (Lipinski definition) is 6. The molecule has 0 aliphatic carbocycles. The van der Waals surface area contributed by atoms with Crippen LogP contribution >= 0.6 is 0 Å².